The summed E-state index contributed by atoms with van der Waals surface area (Å²) in [5, 5.41) is 12.6. The Balaban J connectivity index is 2.59. The number of hydrogen-bond donors (Lipinski definition) is 0. The summed E-state index contributed by atoms with van der Waals surface area (Å²) in [6.07, 6.45) is 2.86. The second-order valence-corrected chi connectivity index (χ2v) is 3.21. The molecule has 2 rings (SSSR count). The van der Waals surface area contributed by atoms with E-state index in [1.807, 2.05) is 0 Å². The van der Waals surface area contributed by atoms with Crippen LogP contribution in [0.25, 0.3) is 0 Å². The summed E-state index contributed by atoms with van der Waals surface area (Å²) >= 11 is 0. The molecule has 0 amide bonds. The summed E-state index contributed by atoms with van der Waals surface area (Å²) < 4.78 is 35.7. The van der Waals surface area contributed by atoms with E-state index in [0.717, 1.165) is 10.7 Å². The minimum absolute atomic E-state index is 0.00599. The fourth-order valence-corrected chi connectivity index (χ4v) is 1.38. The van der Waals surface area contributed by atoms with Crippen molar-refractivity contribution in [2.45, 2.75) is 6.50 Å². The van der Waals surface area contributed by atoms with Gasteiger partial charge in [0.25, 0.3) is 0 Å². The van der Waals surface area contributed by atoms with Gasteiger partial charge in [0.15, 0.2) is 0 Å². The molecule has 0 atom stereocenters. The number of aromatic nitrogens is 2. The number of nitrogens with zero attached hydrogens (tertiary/aromatic N) is 3. The summed E-state index contributed by atoms with van der Waals surface area (Å²) in [6, 6.07) is 5.52. The van der Waals surface area contributed by atoms with Gasteiger partial charge in [-0.25, -0.2) is 4.39 Å². The SMILES string of the molecule is [2H]C([2H])(c1cc(F)c(C#N)c(OC)c1)n1cccn1. The highest BCUT2D eigenvalue weighted by molar-refractivity contribution is 5.46. The molecular weight excluding hydrogens is 221 g/mol. The number of rotatable bonds is 3. The maximum atomic E-state index is 13.8. The minimum atomic E-state index is -2.04. The molecule has 17 heavy (non-hydrogen) atoms. The summed E-state index contributed by atoms with van der Waals surface area (Å²) in [5.74, 6) is -0.832. The van der Waals surface area contributed by atoms with Gasteiger partial charge in [0.2, 0.25) is 0 Å². The topological polar surface area (TPSA) is 50.8 Å². The van der Waals surface area contributed by atoms with E-state index >= 15 is 0 Å². The van der Waals surface area contributed by atoms with Crippen LogP contribution in [0.1, 0.15) is 13.9 Å². The minimum Gasteiger partial charge on any atom is -0.495 e. The molecule has 0 radical (unpaired) electrons. The van der Waals surface area contributed by atoms with Crippen LogP contribution in [0.2, 0.25) is 0 Å². The largest absolute Gasteiger partial charge is 0.495 e. The first-order chi connectivity index (χ1) is 9.00. The molecule has 0 bridgehead atoms. The van der Waals surface area contributed by atoms with E-state index in [1.54, 1.807) is 12.1 Å². The molecule has 0 aliphatic heterocycles. The van der Waals surface area contributed by atoms with Gasteiger partial charge in [-0.1, -0.05) is 0 Å². The highest BCUT2D eigenvalue weighted by Crippen LogP contribution is 2.23. The van der Waals surface area contributed by atoms with Crippen molar-refractivity contribution >= 4 is 0 Å². The lowest BCUT2D eigenvalue weighted by molar-refractivity contribution is 0.408. The molecule has 0 aliphatic carbocycles. The molecule has 0 fully saturated rings. The number of hydrogen-bond acceptors (Lipinski definition) is 3. The Morgan fingerprint density at radius 3 is 3.06 bits per heavy atom. The number of methoxy groups -OCH3 is 1. The molecule has 1 aromatic carbocycles. The normalized spacial score (nSPS) is 12.5. The van der Waals surface area contributed by atoms with Crippen molar-refractivity contribution in [3.8, 4) is 11.8 Å². The predicted molar refractivity (Wildman–Crippen MR) is 59.0 cm³/mol. The molecule has 0 spiro atoms. The lowest BCUT2D eigenvalue weighted by atomic mass is 10.1. The molecule has 0 saturated carbocycles. The van der Waals surface area contributed by atoms with Crippen molar-refractivity contribution in [1.82, 2.24) is 9.78 Å². The number of ether oxygens (including phenoxy) is 1. The molecule has 86 valence electrons. The second-order valence-electron chi connectivity index (χ2n) is 3.21. The summed E-state index contributed by atoms with van der Waals surface area (Å²) in [7, 11) is 1.29. The van der Waals surface area contributed by atoms with Crippen molar-refractivity contribution in [2.24, 2.45) is 0 Å². The van der Waals surface area contributed by atoms with Crippen molar-refractivity contribution in [1.29, 1.82) is 5.26 Å². The van der Waals surface area contributed by atoms with Gasteiger partial charge in [-0.3, -0.25) is 4.68 Å². The maximum Gasteiger partial charge on any atom is 0.145 e. The first kappa shape index (κ1) is 8.76. The van der Waals surface area contributed by atoms with Crippen LogP contribution < -0.4 is 4.74 Å². The average molecular weight is 233 g/mol. The van der Waals surface area contributed by atoms with Gasteiger partial charge in [-0.05, 0) is 23.8 Å². The van der Waals surface area contributed by atoms with E-state index in [-0.39, 0.29) is 16.9 Å². The molecule has 0 N–H and O–H groups in total. The van der Waals surface area contributed by atoms with Gasteiger partial charge in [0.05, 0.1) is 16.3 Å². The number of nitriles is 1. The van der Waals surface area contributed by atoms with Gasteiger partial charge in [0.1, 0.15) is 23.2 Å². The van der Waals surface area contributed by atoms with Crippen LogP contribution in [-0.4, -0.2) is 16.9 Å². The molecule has 0 aliphatic rings. The summed E-state index contributed by atoms with van der Waals surface area (Å²) in [5.41, 5.74) is -0.230. The van der Waals surface area contributed by atoms with Crippen molar-refractivity contribution < 1.29 is 11.9 Å². The van der Waals surface area contributed by atoms with Crippen molar-refractivity contribution in [3.05, 3.63) is 47.5 Å². The Hall–Kier alpha value is -2.35. The Labute approximate surface area is 101 Å². The van der Waals surface area contributed by atoms with Crippen LogP contribution in [0.3, 0.4) is 0 Å². The zero-order chi connectivity index (χ0) is 14.0. The van der Waals surface area contributed by atoms with Crippen molar-refractivity contribution in [2.75, 3.05) is 7.11 Å². The van der Waals surface area contributed by atoms with Crippen LogP contribution >= 0.6 is 0 Å². The third kappa shape index (κ3) is 2.26. The maximum absolute atomic E-state index is 13.8. The van der Waals surface area contributed by atoms with Crippen molar-refractivity contribution in [3.63, 3.8) is 0 Å². The van der Waals surface area contributed by atoms with E-state index in [9.17, 15) is 4.39 Å². The van der Waals surface area contributed by atoms with E-state index in [1.165, 1.54) is 25.6 Å². The number of benzene rings is 1. The molecule has 5 heteroatoms. The fourth-order valence-electron chi connectivity index (χ4n) is 1.38. The van der Waals surface area contributed by atoms with Gasteiger partial charge in [-0.2, -0.15) is 10.4 Å². The van der Waals surface area contributed by atoms with Gasteiger partial charge in [0, 0.05) is 12.4 Å². The smallest absolute Gasteiger partial charge is 0.145 e. The molecular formula is C12H10FN3O. The lowest BCUT2D eigenvalue weighted by Crippen LogP contribution is -2.02. The highest BCUT2D eigenvalue weighted by Gasteiger charge is 2.11. The van der Waals surface area contributed by atoms with Gasteiger partial charge >= 0.3 is 0 Å². The zero-order valence-corrected chi connectivity index (χ0v) is 9.01. The second kappa shape index (κ2) is 4.66. The molecule has 0 unspecified atom stereocenters. The monoisotopic (exact) mass is 233 g/mol. The first-order valence-corrected chi connectivity index (χ1v) is 4.79. The Morgan fingerprint density at radius 1 is 1.65 bits per heavy atom. The fraction of sp³-hybridized carbons (Fsp3) is 0.167. The Bertz CT molecular complexity index is 635. The van der Waals surface area contributed by atoms with Crippen LogP contribution in [0.15, 0.2) is 30.6 Å². The Morgan fingerprint density at radius 2 is 2.47 bits per heavy atom. The first-order valence-electron chi connectivity index (χ1n) is 5.79. The van der Waals surface area contributed by atoms with E-state index in [2.05, 4.69) is 5.10 Å². The van der Waals surface area contributed by atoms with Crippen LogP contribution in [0.5, 0.6) is 5.75 Å². The van der Waals surface area contributed by atoms with Crippen LogP contribution in [-0.2, 0) is 6.50 Å². The Kier molecular flexibility index (Phi) is 2.40. The van der Waals surface area contributed by atoms with E-state index < -0.39 is 12.3 Å². The van der Waals surface area contributed by atoms with Crippen LogP contribution in [0.4, 0.5) is 4.39 Å². The summed E-state index contributed by atoms with van der Waals surface area (Å²) in [4.78, 5) is 0. The predicted octanol–water partition coefficient (Wildman–Crippen LogP) is 1.95. The molecule has 0 saturated heterocycles. The van der Waals surface area contributed by atoms with Gasteiger partial charge < -0.3 is 4.74 Å². The summed E-state index contributed by atoms with van der Waals surface area (Å²) in [6.45, 7) is -2.04. The highest BCUT2D eigenvalue weighted by atomic mass is 19.1. The molecule has 1 aromatic heterocycles. The standard InChI is InChI=1S/C12H10FN3O/c1-17-12-6-9(5-11(13)10(12)7-14)8-16-4-2-3-15-16/h2-6H,8H2,1H3/i8D2. The zero-order valence-electron chi connectivity index (χ0n) is 11.0. The third-order valence-electron chi connectivity index (χ3n) is 2.13. The molecule has 1 heterocycles. The average Bonchev–Trinajstić information content (AvgIpc) is 2.92. The lowest BCUT2D eigenvalue weighted by Gasteiger charge is -2.07. The third-order valence-corrected chi connectivity index (χ3v) is 2.13. The number of halogens is 1. The van der Waals surface area contributed by atoms with E-state index in [4.69, 9.17) is 12.7 Å². The quantitative estimate of drug-likeness (QED) is 0.814. The van der Waals surface area contributed by atoms with Crippen LogP contribution in [0, 0.1) is 17.1 Å². The van der Waals surface area contributed by atoms with E-state index in [0.29, 0.717) is 0 Å². The molecule has 4 nitrogen and oxygen atoms in total. The van der Waals surface area contributed by atoms with Gasteiger partial charge in [-0.15, -0.1) is 0 Å². The molecule has 2 aromatic rings.